The molecule has 0 aliphatic carbocycles. The molecule has 0 radical (unpaired) electrons. The zero-order valence-corrected chi connectivity index (χ0v) is 13.1. The Morgan fingerprint density at radius 2 is 2.05 bits per heavy atom. The van der Waals surface area contributed by atoms with Crippen LogP contribution in [0.4, 0.5) is 11.4 Å². The van der Waals surface area contributed by atoms with E-state index in [1.165, 1.54) is 5.56 Å². The van der Waals surface area contributed by atoms with Crippen molar-refractivity contribution in [3.05, 3.63) is 47.2 Å². The highest BCUT2D eigenvalue weighted by Gasteiger charge is 2.05. The highest BCUT2D eigenvalue weighted by atomic mass is 35.5. The van der Waals surface area contributed by atoms with Crippen LogP contribution in [0.15, 0.2) is 36.7 Å². The smallest absolute Gasteiger partial charge is 0.0597 e. The number of halogens is 1. The molecule has 4 heteroatoms. The standard InChI is InChI=1S/C16H22ClN3/c1-4-8-20-9-7-13(12-20)11-18-15-10-14(17)5-6-16(15)19(2)3/h5-7,9-10,12,18H,4,8,11H2,1-3H3. The lowest BCUT2D eigenvalue weighted by atomic mass is 10.2. The summed E-state index contributed by atoms with van der Waals surface area (Å²) in [5, 5.41) is 4.22. The summed E-state index contributed by atoms with van der Waals surface area (Å²) >= 11 is 6.09. The van der Waals surface area contributed by atoms with Gasteiger partial charge in [-0.1, -0.05) is 18.5 Å². The molecule has 0 atom stereocenters. The Balaban J connectivity index is 2.07. The second-order valence-corrected chi connectivity index (χ2v) is 5.60. The Morgan fingerprint density at radius 3 is 2.75 bits per heavy atom. The molecule has 20 heavy (non-hydrogen) atoms. The SMILES string of the molecule is CCCn1ccc(CNc2cc(Cl)ccc2N(C)C)c1. The van der Waals surface area contributed by atoms with Crippen LogP contribution in [0.2, 0.25) is 5.02 Å². The van der Waals surface area contributed by atoms with Crippen molar-refractivity contribution in [3.8, 4) is 0 Å². The Labute approximate surface area is 126 Å². The molecular weight excluding hydrogens is 270 g/mol. The molecule has 2 aromatic rings. The molecule has 0 fully saturated rings. The molecule has 0 aliphatic heterocycles. The van der Waals surface area contributed by atoms with Gasteiger partial charge in [-0.15, -0.1) is 0 Å². The summed E-state index contributed by atoms with van der Waals surface area (Å²) in [5.74, 6) is 0. The van der Waals surface area contributed by atoms with Crippen LogP contribution in [0.3, 0.4) is 0 Å². The quantitative estimate of drug-likeness (QED) is 0.859. The van der Waals surface area contributed by atoms with E-state index in [-0.39, 0.29) is 0 Å². The zero-order valence-electron chi connectivity index (χ0n) is 12.4. The van der Waals surface area contributed by atoms with Gasteiger partial charge in [0.1, 0.15) is 0 Å². The summed E-state index contributed by atoms with van der Waals surface area (Å²) in [6.07, 6.45) is 5.47. The highest BCUT2D eigenvalue weighted by Crippen LogP contribution is 2.28. The molecule has 2 rings (SSSR count). The predicted molar refractivity (Wildman–Crippen MR) is 87.8 cm³/mol. The Hall–Kier alpha value is -1.61. The van der Waals surface area contributed by atoms with E-state index in [4.69, 9.17) is 11.6 Å². The van der Waals surface area contributed by atoms with Gasteiger partial charge in [0.25, 0.3) is 0 Å². The number of hydrogen-bond acceptors (Lipinski definition) is 2. The molecule has 0 bridgehead atoms. The third-order valence-corrected chi connectivity index (χ3v) is 3.45. The number of nitrogens with one attached hydrogen (secondary N) is 1. The Morgan fingerprint density at radius 1 is 1.25 bits per heavy atom. The molecule has 1 N–H and O–H groups in total. The predicted octanol–water partition coefficient (Wildman–Crippen LogP) is 4.23. The van der Waals surface area contributed by atoms with Crippen molar-refractivity contribution in [2.45, 2.75) is 26.4 Å². The number of anilines is 2. The van der Waals surface area contributed by atoms with Gasteiger partial charge in [0, 0.05) is 44.6 Å². The van der Waals surface area contributed by atoms with Crippen molar-refractivity contribution in [3.63, 3.8) is 0 Å². The van der Waals surface area contributed by atoms with E-state index in [9.17, 15) is 0 Å². The Kier molecular flexibility index (Phi) is 4.96. The van der Waals surface area contributed by atoms with Crippen LogP contribution < -0.4 is 10.2 Å². The van der Waals surface area contributed by atoms with Crippen LogP contribution >= 0.6 is 11.6 Å². The lowest BCUT2D eigenvalue weighted by molar-refractivity contribution is 0.682. The Bertz CT molecular complexity index is 561. The second-order valence-electron chi connectivity index (χ2n) is 5.17. The van der Waals surface area contributed by atoms with Gasteiger partial charge < -0.3 is 14.8 Å². The summed E-state index contributed by atoms with van der Waals surface area (Å²) in [5.41, 5.74) is 3.48. The molecular formula is C16H22ClN3. The van der Waals surface area contributed by atoms with Crippen molar-refractivity contribution in [1.82, 2.24) is 4.57 Å². The van der Waals surface area contributed by atoms with Crippen molar-refractivity contribution in [2.75, 3.05) is 24.3 Å². The minimum absolute atomic E-state index is 0.752. The van der Waals surface area contributed by atoms with Gasteiger partial charge in [-0.25, -0.2) is 0 Å². The average molecular weight is 292 g/mol. The van der Waals surface area contributed by atoms with Crippen molar-refractivity contribution < 1.29 is 0 Å². The summed E-state index contributed by atoms with van der Waals surface area (Å²) in [4.78, 5) is 2.08. The first-order valence-corrected chi connectivity index (χ1v) is 7.33. The molecule has 0 aliphatic rings. The van der Waals surface area contributed by atoms with E-state index in [2.05, 4.69) is 40.2 Å². The van der Waals surface area contributed by atoms with Crippen LogP contribution in [0, 0.1) is 0 Å². The maximum absolute atomic E-state index is 6.09. The van der Waals surface area contributed by atoms with E-state index in [1.807, 2.05) is 32.3 Å². The number of aryl methyl sites for hydroxylation is 1. The van der Waals surface area contributed by atoms with Crippen molar-refractivity contribution in [1.29, 1.82) is 0 Å². The minimum atomic E-state index is 0.752. The molecule has 3 nitrogen and oxygen atoms in total. The zero-order chi connectivity index (χ0) is 14.5. The fourth-order valence-corrected chi connectivity index (χ4v) is 2.40. The van der Waals surface area contributed by atoms with E-state index >= 15 is 0 Å². The molecule has 0 amide bonds. The monoisotopic (exact) mass is 291 g/mol. The van der Waals surface area contributed by atoms with Crippen LogP contribution in [0.1, 0.15) is 18.9 Å². The average Bonchev–Trinajstić information content (AvgIpc) is 2.84. The first kappa shape index (κ1) is 14.8. The number of nitrogens with zero attached hydrogens (tertiary/aromatic N) is 2. The molecule has 0 unspecified atom stereocenters. The number of aromatic nitrogens is 1. The van der Waals surface area contributed by atoms with Gasteiger partial charge in [0.05, 0.1) is 11.4 Å². The molecule has 0 saturated carbocycles. The minimum Gasteiger partial charge on any atom is -0.379 e. The number of rotatable bonds is 6. The second kappa shape index (κ2) is 6.71. The third kappa shape index (κ3) is 3.70. The molecule has 1 heterocycles. The molecule has 0 spiro atoms. The summed E-state index contributed by atoms with van der Waals surface area (Å²) in [6, 6.07) is 8.08. The summed E-state index contributed by atoms with van der Waals surface area (Å²) in [6.45, 7) is 4.06. The van der Waals surface area contributed by atoms with E-state index in [1.54, 1.807) is 0 Å². The third-order valence-electron chi connectivity index (χ3n) is 3.22. The van der Waals surface area contributed by atoms with E-state index < -0.39 is 0 Å². The lowest BCUT2D eigenvalue weighted by Gasteiger charge is -2.18. The highest BCUT2D eigenvalue weighted by molar-refractivity contribution is 6.31. The molecule has 1 aromatic heterocycles. The first-order chi connectivity index (χ1) is 9.60. The van der Waals surface area contributed by atoms with E-state index in [0.29, 0.717) is 0 Å². The number of benzene rings is 1. The van der Waals surface area contributed by atoms with Gasteiger partial charge in [0.15, 0.2) is 0 Å². The van der Waals surface area contributed by atoms with Crippen LogP contribution in [0.25, 0.3) is 0 Å². The van der Waals surface area contributed by atoms with Crippen molar-refractivity contribution >= 4 is 23.0 Å². The normalized spacial score (nSPS) is 10.6. The molecule has 0 saturated heterocycles. The van der Waals surface area contributed by atoms with Gasteiger partial charge in [-0.05, 0) is 36.2 Å². The van der Waals surface area contributed by atoms with E-state index in [0.717, 1.165) is 35.9 Å². The van der Waals surface area contributed by atoms with Crippen molar-refractivity contribution in [2.24, 2.45) is 0 Å². The summed E-state index contributed by atoms with van der Waals surface area (Å²) < 4.78 is 2.22. The molecule has 108 valence electrons. The maximum Gasteiger partial charge on any atom is 0.0597 e. The molecule has 1 aromatic carbocycles. The first-order valence-electron chi connectivity index (χ1n) is 6.95. The fourth-order valence-electron chi connectivity index (χ4n) is 2.23. The lowest BCUT2D eigenvalue weighted by Crippen LogP contribution is -2.12. The topological polar surface area (TPSA) is 20.2 Å². The van der Waals surface area contributed by atoms with Gasteiger partial charge in [-0.2, -0.15) is 0 Å². The largest absolute Gasteiger partial charge is 0.379 e. The maximum atomic E-state index is 6.09. The van der Waals surface area contributed by atoms with Crippen LogP contribution in [0.5, 0.6) is 0 Å². The fraction of sp³-hybridized carbons (Fsp3) is 0.375. The van der Waals surface area contributed by atoms with Gasteiger partial charge >= 0.3 is 0 Å². The number of hydrogen-bond donors (Lipinski definition) is 1. The van der Waals surface area contributed by atoms with Gasteiger partial charge in [-0.3, -0.25) is 0 Å². The van der Waals surface area contributed by atoms with Crippen LogP contribution in [-0.4, -0.2) is 18.7 Å². The van der Waals surface area contributed by atoms with Gasteiger partial charge in [0.2, 0.25) is 0 Å². The van der Waals surface area contributed by atoms with Crippen LogP contribution in [-0.2, 0) is 13.1 Å². The summed E-state index contributed by atoms with van der Waals surface area (Å²) in [7, 11) is 4.07.